The molecule has 0 bridgehead atoms. The van der Waals surface area contributed by atoms with Crippen molar-refractivity contribution in [2.24, 2.45) is 0 Å². The number of hydrogen-bond donors (Lipinski definition) is 1. The van der Waals surface area contributed by atoms with Crippen LogP contribution in [0, 0.1) is 5.82 Å². The third kappa shape index (κ3) is 5.07. The van der Waals surface area contributed by atoms with E-state index in [1.54, 1.807) is 34.9 Å². The highest BCUT2D eigenvalue weighted by Crippen LogP contribution is 2.29. The van der Waals surface area contributed by atoms with Gasteiger partial charge in [-0.2, -0.15) is 0 Å². The lowest BCUT2D eigenvalue weighted by molar-refractivity contribution is -0.113. The van der Waals surface area contributed by atoms with Gasteiger partial charge in [0.25, 0.3) is 0 Å². The lowest BCUT2D eigenvalue weighted by atomic mass is 10.2. The third-order valence-corrected chi connectivity index (χ3v) is 5.95. The predicted molar refractivity (Wildman–Crippen MR) is 123 cm³/mol. The van der Waals surface area contributed by atoms with Gasteiger partial charge in [-0.3, -0.25) is 9.36 Å². The van der Waals surface area contributed by atoms with Crippen molar-refractivity contribution in [3.8, 4) is 17.1 Å². The molecule has 0 saturated carbocycles. The molecule has 3 aromatic carbocycles. The van der Waals surface area contributed by atoms with Crippen molar-refractivity contribution in [3.63, 3.8) is 0 Å². The maximum Gasteiger partial charge on any atom is 0.234 e. The second-order valence-electron chi connectivity index (χ2n) is 6.45. The first-order chi connectivity index (χ1) is 15.0. The molecule has 0 saturated heterocycles. The zero-order valence-corrected chi connectivity index (χ0v) is 18.3. The van der Waals surface area contributed by atoms with Crippen molar-refractivity contribution in [1.82, 2.24) is 14.8 Å². The lowest BCUT2D eigenvalue weighted by Crippen LogP contribution is -2.14. The Hall–Kier alpha value is -2.87. The van der Waals surface area contributed by atoms with Crippen molar-refractivity contribution in [1.29, 1.82) is 0 Å². The Morgan fingerprint density at radius 1 is 0.968 bits per heavy atom. The number of benzene rings is 3. The highest BCUT2D eigenvalue weighted by Gasteiger charge is 2.17. The number of carbonyl (C=O) groups is 1. The van der Waals surface area contributed by atoms with Gasteiger partial charge in [-0.1, -0.05) is 65.3 Å². The van der Waals surface area contributed by atoms with Crippen molar-refractivity contribution in [2.45, 2.75) is 5.16 Å². The van der Waals surface area contributed by atoms with E-state index < -0.39 is 0 Å². The van der Waals surface area contributed by atoms with E-state index in [1.165, 1.54) is 23.9 Å². The predicted octanol–water partition coefficient (Wildman–Crippen LogP) is 6.11. The highest BCUT2D eigenvalue weighted by atomic mass is 35.5. The Morgan fingerprint density at radius 2 is 1.71 bits per heavy atom. The first-order valence-electron chi connectivity index (χ1n) is 9.16. The monoisotopic (exact) mass is 472 g/mol. The SMILES string of the molecule is O=C(CSc1nnc(-c2ccccc2)n1-c1ccc(F)cc1)Nc1ccc(Cl)c(Cl)c1. The van der Waals surface area contributed by atoms with Crippen LogP contribution in [0.25, 0.3) is 17.1 Å². The van der Waals surface area contributed by atoms with Crippen LogP contribution >= 0.6 is 35.0 Å². The minimum absolute atomic E-state index is 0.0916. The summed E-state index contributed by atoms with van der Waals surface area (Å²) in [5, 5.41) is 12.6. The molecule has 31 heavy (non-hydrogen) atoms. The second kappa shape index (κ2) is 9.51. The smallest absolute Gasteiger partial charge is 0.234 e. The third-order valence-electron chi connectivity index (χ3n) is 4.29. The normalized spacial score (nSPS) is 10.8. The quantitative estimate of drug-likeness (QED) is 0.343. The largest absolute Gasteiger partial charge is 0.325 e. The van der Waals surface area contributed by atoms with E-state index in [1.807, 2.05) is 30.3 Å². The molecule has 4 rings (SSSR count). The molecule has 5 nitrogen and oxygen atoms in total. The van der Waals surface area contributed by atoms with E-state index in [0.29, 0.717) is 32.4 Å². The number of aromatic nitrogens is 3. The fourth-order valence-corrected chi connectivity index (χ4v) is 3.91. The molecule has 1 N–H and O–H groups in total. The molecule has 1 amide bonds. The van der Waals surface area contributed by atoms with Gasteiger partial charge in [-0.15, -0.1) is 10.2 Å². The van der Waals surface area contributed by atoms with Crippen LogP contribution in [0.15, 0.2) is 78.0 Å². The van der Waals surface area contributed by atoms with Gasteiger partial charge in [-0.05, 0) is 42.5 Å². The summed E-state index contributed by atoms with van der Waals surface area (Å²) < 4.78 is 15.2. The topological polar surface area (TPSA) is 59.8 Å². The number of halogens is 3. The number of anilines is 1. The summed E-state index contributed by atoms with van der Waals surface area (Å²) >= 11 is 13.1. The van der Waals surface area contributed by atoms with Crippen LogP contribution in [0.1, 0.15) is 0 Å². The van der Waals surface area contributed by atoms with Gasteiger partial charge in [-0.25, -0.2) is 4.39 Å². The van der Waals surface area contributed by atoms with Crippen LogP contribution in [0.5, 0.6) is 0 Å². The van der Waals surface area contributed by atoms with Crippen molar-refractivity contribution >= 4 is 46.6 Å². The second-order valence-corrected chi connectivity index (χ2v) is 8.21. The molecule has 0 spiro atoms. The zero-order chi connectivity index (χ0) is 21.8. The van der Waals surface area contributed by atoms with E-state index in [-0.39, 0.29) is 17.5 Å². The van der Waals surface area contributed by atoms with Crippen molar-refractivity contribution in [2.75, 3.05) is 11.1 Å². The number of nitrogens with zero attached hydrogens (tertiary/aromatic N) is 3. The van der Waals surface area contributed by atoms with Crippen LogP contribution in [-0.4, -0.2) is 26.4 Å². The molecular weight excluding hydrogens is 458 g/mol. The molecule has 0 aliphatic carbocycles. The Bertz CT molecular complexity index is 1220. The van der Waals surface area contributed by atoms with Crippen molar-refractivity contribution in [3.05, 3.63) is 88.7 Å². The fraction of sp³-hybridized carbons (Fsp3) is 0.0455. The minimum Gasteiger partial charge on any atom is -0.325 e. The van der Waals surface area contributed by atoms with Crippen LogP contribution in [0.2, 0.25) is 10.0 Å². The van der Waals surface area contributed by atoms with Crippen LogP contribution in [0.4, 0.5) is 10.1 Å². The molecule has 0 atom stereocenters. The Kier molecular flexibility index (Phi) is 6.56. The van der Waals surface area contributed by atoms with Gasteiger partial charge in [0.2, 0.25) is 5.91 Å². The van der Waals surface area contributed by atoms with Gasteiger partial charge in [0.15, 0.2) is 11.0 Å². The number of hydrogen-bond acceptors (Lipinski definition) is 4. The summed E-state index contributed by atoms with van der Waals surface area (Å²) in [5.41, 5.74) is 2.09. The van der Waals surface area contributed by atoms with E-state index in [9.17, 15) is 9.18 Å². The maximum absolute atomic E-state index is 13.5. The van der Waals surface area contributed by atoms with E-state index >= 15 is 0 Å². The number of amides is 1. The average Bonchev–Trinajstić information content (AvgIpc) is 3.20. The Balaban J connectivity index is 1.57. The Labute approximate surface area is 192 Å². The number of nitrogens with one attached hydrogen (secondary N) is 1. The molecule has 0 fully saturated rings. The van der Waals surface area contributed by atoms with Gasteiger partial charge in [0, 0.05) is 16.9 Å². The molecule has 0 aliphatic rings. The van der Waals surface area contributed by atoms with Gasteiger partial charge < -0.3 is 5.32 Å². The van der Waals surface area contributed by atoms with Crippen LogP contribution in [-0.2, 0) is 4.79 Å². The van der Waals surface area contributed by atoms with E-state index in [0.717, 1.165) is 5.56 Å². The van der Waals surface area contributed by atoms with E-state index in [2.05, 4.69) is 15.5 Å². The average molecular weight is 473 g/mol. The summed E-state index contributed by atoms with van der Waals surface area (Å²) in [6.45, 7) is 0. The molecule has 1 aromatic heterocycles. The van der Waals surface area contributed by atoms with E-state index in [4.69, 9.17) is 23.2 Å². The van der Waals surface area contributed by atoms with Crippen molar-refractivity contribution < 1.29 is 9.18 Å². The molecule has 0 radical (unpaired) electrons. The molecule has 9 heteroatoms. The summed E-state index contributed by atoms with van der Waals surface area (Å²) in [6.07, 6.45) is 0. The molecule has 4 aromatic rings. The molecular formula is C22H15Cl2FN4OS. The van der Waals surface area contributed by atoms with Gasteiger partial charge >= 0.3 is 0 Å². The first-order valence-corrected chi connectivity index (χ1v) is 10.9. The highest BCUT2D eigenvalue weighted by molar-refractivity contribution is 7.99. The number of rotatable bonds is 6. The maximum atomic E-state index is 13.5. The first kappa shape index (κ1) is 21.4. The van der Waals surface area contributed by atoms with Crippen LogP contribution < -0.4 is 5.32 Å². The number of carbonyl (C=O) groups excluding carboxylic acids is 1. The van der Waals surface area contributed by atoms with Crippen LogP contribution in [0.3, 0.4) is 0 Å². The zero-order valence-electron chi connectivity index (χ0n) is 15.9. The summed E-state index contributed by atoms with van der Waals surface area (Å²) in [7, 11) is 0. The molecule has 1 heterocycles. The van der Waals surface area contributed by atoms with Gasteiger partial charge in [0.1, 0.15) is 5.82 Å². The summed E-state index contributed by atoms with van der Waals surface area (Å²) in [6, 6.07) is 20.4. The lowest BCUT2D eigenvalue weighted by Gasteiger charge is -2.11. The Morgan fingerprint density at radius 3 is 2.42 bits per heavy atom. The molecule has 0 aliphatic heterocycles. The van der Waals surface area contributed by atoms with Gasteiger partial charge in [0.05, 0.1) is 15.8 Å². The standard InChI is InChI=1S/C22H15Cl2FN4OS/c23-18-11-8-16(12-19(18)24)26-20(30)13-31-22-28-27-21(14-4-2-1-3-5-14)29(22)17-9-6-15(25)7-10-17/h1-12H,13H2,(H,26,30). The molecule has 0 unspecified atom stereocenters. The summed E-state index contributed by atoms with van der Waals surface area (Å²) in [5.74, 6) is 0.111. The fourth-order valence-electron chi connectivity index (χ4n) is 2.86. The number of thioether (sulfide) groups is 1. The molecule has 156 valence electrons. The summed E-state index contributed by atoms with van der Waals surface area (Å²) in [4.78, 5) is 12.4. The minimum atomic E-state index is -0.340.